The predicted octanol–water partition coefficient (Wildman–Crippen LogP) is 2.48. The predicted molar refractivity (Wildman–Crippen MR) is 84.7 cm³/mol. The van der Waals surface area contributed by atoms with Crippen molar-refractivity contribution < 1.29 is 13.2 Å². The van der Waals surface area contributed by atoms with Crippen molar-refractivity contribution in [3.8, 4) is 0 Å². The Morgan fingerprint density at radius 3 is 2.74 bits per heavy atom. The third-order valence-electron chi connectivity index (χ3n) is 4.08. The molecular formula is C16H17F3N4. The number of pyridine rings is 1. The van der Waals surface area contributed by atoms with Crippen LogP contribution in [-0.4, -0.2) is 30.0 Å². The summed E-state index contributed by atoms with van der Waals surface area (Å²) in [4.78, 5) is 6.14. The van der Waals surface area contributed by atoms with Gasteiger partial charge in [0.05, 0.1) is 11.6 Å². The zero-order valence-electron chi connectivity index (χ0n) is 12.4. The van der Waals surface area contributed by atoms with Gasteiger partial charge in [-0.1, -0.05) is 6.58 Å². The lowest BCUT2D eigenvalue weighted by molar-refractivity contribution is -0.0394. The number of nitrogens with zero attached hydrogens (tertiary/aromatic N) is 2. The molecule has 4 N–H and O–H groups in total. The van der Waals surface area contributed by atoms with Gasteiger partial charge in [-0.2, -0.15) is 0 Å². The van der Waals surface area contributed by atoms with E-state index in [1.807, 2.05) is 0 Å². The van der Waals surface area contributed by atoms with Crippen LogP contribution >= 0.6 is 0 Å². The molecule has 0 saturated carbocycles. The van der Waals surface area contributed by atoms with E-state index in [1.165, 1.54) is 18.2 Å². The summed E-state index contributed by atoms with van der Waals surface area (Å²) < 4.78 is 40.5. The Balaban J connectivity index is 2.07. The van der Waals surface area contributed by atoms with Gasteiger partial charge in [0.25, 0.3) is 5.92 Å². The van der Waals surface area contributed by atoms with Crippen molar-refractivity contribution in [1.82, 2.24) is 4.98 Å². The lowest BCUT2D eigenvalue weighted by Crippen LogP contribution is -2.55. The monoisotopic (exact) mass is 322 g/mol. The lowest BCUT2D eigenvalue weighted by atomic mass is 10.0. The van der Waals surface area contributed by atoms with Crippen LogP contribution in [0.3, 0.4) is 0 Å². The topological polar surface area (TPSA) is 68.2 Å². The smallest absolute Gasteiger partial charge is 0.266 e. The summed E-state index contributed by atoms with van der Waals surface area (Å²) in [6.45, 7) is 3.77. The van der Waals surface area contributed by atoms with E-state index < -0.39 is 12.0 Å². The molecule has 2 aromatic rings. The molecule has 1 fully saturated rings. The first-order valence-corrected chi connectivity index (χ1v) is 7.21. The number of hydrogen-bond donors (Lipinski definition) is 2. The van der Waals surface area contributed by atoms with Crippen molar-refractivity contribution in [2.75, 3.05) is 18.0 Å². The minimum Gasteiger partial charge on any atom is -0.399 e. The van der Waals surface area contributed by atoms with E-state index in [2.05, 4.69) is 11.6 Å². The van der Waals surface area contributed by atoms with Crippen LogP contribution in [-0.2, 0) is 0 Å². The van der Waals surface area contributed by atoms with E-state index in [4.69, 9.17) is 11.5 Å². The van der Waals surface area contributed by atoms with Gasteiger partial charge in [0, 0.05) is 36.2 Å². The van der Waals surface area contributed by atoms with Crippen LogP contribution in [0.2, 0.25) is 0 Å². The number of rotatable bonds is 2. The number of alkyl halides is 2. The highest BCUT2D eigenvalue weighted by atomic mass is 19.3. The Kier molecular flexibility index (Phi) is 3.68. The molecule has 1 unspecified atom stereocenters. The van der Waals surface area contributed by atoms with Crippen LogP contribution in [0.5, 0.6) is 0 Å². The van der Waals surface area contributed by atoms with Gasteiger partial charge in [0.1, 0.15) is 11.6 Å². The van der Waals surface area contributed by atoms with Gasteiger partial charge in [-0.25, -0.2) is 18.2 Å². The minimum absolute atomic E-state index is 0.0347. The molecule has 7 heteroatoms. The van der Waals surface area contributed by atoms with Crippen LogP contribution < -0.4 is 16.4 Å². The SMILES string of the molecule is C=C(N)c1cc2cc(F)ccc2nc1N1CCC(F)(F)C(N)C1. The first-order valence-electron chi connectivity index (χ1n) is 7.21. The van der Waals surface area contributed by atoms with Gasteiger partial charge < -0.3 is 16.4 Å². The molecule has 0 bridgehead atoms. The molecule has 1 saturated heterocycles. The Hall–Kier alpha value is -2.28. The van der Waals surface area contributed by atoms with E-state index in [9.17, 15) is 13.2 Å². The lowest BCUT2D eigenvalue weighted by Gasteiger charge is -2.37. The molecule has 0 amide bonds. The van der Waals surface area contributed by atoms with Gasteiger partial charge in [-0.05, 0) is 24.3 Å². The second-order valence-corrected chi connectivity index (χ2v) is 5.79. The fourth-order valence-corrected chi connectivity index (χ4v) is 2.74. The number of anilines is 1. The van der Waals surface area contributed by atoms with Crippen LogP contribution in [0, 0.1) is 5.82 Å². The van der Waals surface area contributed by atoms with Crippen LogP contribution in [0.4, 0.5) is 19.0 Å². The second kappa shape index (κ2) is 5.42. The number of hydrogen-bond acceptors (Lipinski definition) is 4. The third-order valence-corrected chi connectivity index (χ3v) is 4.08. The summed E-state index contributed by atoms with van der Waals surface area (Å²) in [6.07, 6.45) is -0.353. The van der Waals surface area contributed by atoms with Gasteiger partial charge in [-0.3, -0.25) is 0 Å². The van der Waals surface area contributed by atoms with Crippen molar-refractivity contribution in [3.63, 3.8) is 0 Å². The second-order valence-electron chi connectivity index (χ2n) is 5.79. The summed E-state index contributed by atoms with van der Waals surface area (Å²) in [5.41, 5.74) is 12.7. The Morgan fingerprint density at radius 1 is 1.35 bits per heavy atom. The Bertz CT molecular complexity index is 775. The zero-order chi connectivity index (χ0) is 16.8. The number of nitrogens with two attached hydrogens (primary N) is 2. The highest BCUT2D eigenvalue weighted by Crippen LogP contribution is 2.33. The van der Waals surface area contributed by atoms with Crippen LogP contribution in [0.15, 0.2) is 30.8 Å². The number of aromatic nitrogens is 1. The van der Waals surface area contributed by atoms with Crippen LogP contribution in [0.25, 0.3) is 16.6 Å². The molecule has 122 valence electrons. The molecule has 1 aromatic carbocycles. The summed E-state index contributed by atoms with van der Waals surface area (Å²) >= 11 is 0. The maximum Gasteiger partial charge on any atom is 0.266 e. The molecule has 4 nitrogen and oxygen atoms in total. The number of benzene rings is 1. The van der Waals surface area contributed by atoms with E-state index >= 15 is 0 Å². The number of piperidine rings is 1. The molecule has 1 aliphatic heterocycles. The molecule has 1 aromatic heterocycles. The molecule has 3 rings (SSSR count). The maximum absolute atomic E-state index is 13.6. The van der Waals surface area contributed by atoms with Gasteiger partial charge in [0.2, 0.25) is 0 Å². The fraction of sp³-hybridized carbons (Fsp3) is 0.312. The molecule has 1 atom stereocenters. The van der Waals surface area contributed by atoms with Crippen LogP contribution in [0.1, 0.15) is 12.0 Å². The fourth-order valence-electron chi connectivity index (χ4n) is 2.74. The molecule has 2 heterocycles. The minimum atomic E-state index is -2.89. The van der Waals surface area contributed by atoms with Crippen molar-refractivity contribution >= 4 is 22.4 Å². The van der Waals surface area contributed by atoms with Crippen molar-refractivity contribution in [1.29, 1.82) is 0 Å². The zero-order valence-corrected chi connectivity index (χ0v) is 12.4. The number of halogens is 3. The summed E-state index contributed by atoms with van der Waals surface area (Å²) in [6, 6.07) is 4.57. The largest absolute Gasteiger partial charge is 0.399 e. The van der Waals surface area contributed by atoms with E-state index in [0.29, 0.717) is 22.3 Å². The first kappa shape index (κ1) is 15.6. The first-order chi connectivity index (χ1) is 10.8. The van der Waals surface area contributed by atoms with E-state index in [1.54, 1.807) is 11.0 Å². The normalized spacial score (nSPS) is 20.7. The maximum atomic E-state index is 13.6. The van der Waals surface area contributed by atoms with Crippen molar-refractivity contribution in [3.05, 3.63) is 42.2 Å². The summed E-state index contributed by atoms with van der Waals surface area (Å²) in [5.74, 6) is -2.83. The molecule has 0 spiro atoms. The highest BCUT2D eigenvalue weighted by molar-refractivity contribution is 5.87. The van der Waals surface area contributed by atoms with E-state index in [0.717, 1.165) is 0 Å². The van der Waals surface area contributed by atoms with Gasteiger partial charge in [0.15, 0.2) is 0 Å². The van der Waals surface area contributed by atoms with Gasteiger partial charge in [-0.15, -0.1) is 0 Å². The Morgan fingerprint density at radius 2 is 2.09 bits per heavy atom. The standard InChI is InChI=1S/C16H17F3N4/c1-9(20)12-7-10-6-11(17)2-3-13(10)22-15(12)23-5-4-16(18,19)14(21)8-23/h2-3,6-7,14H,1,4-5,8,20-21H2. The quantitative estimate of drug-likeness (QED) is 0.891. The molecular weight excluding hydrogens is 305 g/mol. The highest BCUT2D eigenvalue weighted by Gasteiger charge is 2.42. The van der Waals surface area contributed by atoms with E-state index in [-0.39, 0.29) is 31.0 Å². The average molecular weight is 322 g/mol. The third kappa shape index (κ3) is 2.84. The molecule has 0 aliphatic carbocycles. The summed E-state index contributed by atoms with van der Waals surface area (Å²) in [5, 5.41) is 0.571. The summed E-state index contributed by atoms with van der Waals surface area (Å²) in [7, 11) is 0. The number of fused-ring (bicyclic) bond motifs is 1. The van der Waals surface area contributed by atoms with Crippen molar-refractivity contribution in [2.24, 2.45) is 11.5 Å². The molecule has 23 heavy (non-hydrogen) atoms. The Labute approximate surface area is 131 Å². The van der Waals surface area contributed by atoms with Gasteiger partial charge >= 0.3 is 0 Å². The molecule has 1 aliphatic rings. The molecule has 0 radical (unpaired) electrons. The average Bonchev–Trinajstić information content (AvgIpc) is 2.48. The van der Waals surface area contributed by atoms with Crippen molar-refractivity contribution in [2.45, 2.75) is 18.4 Å².